The van der Waals surface area contributed by atoms with Crippen LogP contribution in [0.2, 0.25) is 0 Å². The predicted octanol–water partition coefficient (Wildman–Crippen LogP) is 2.62. The number of hydrogen-bond acceptors (Lipinski definition) is 2. The fraction of sp³-hybridized carbons (Fsp3) is 0.933. The quantitative estimate of drug-likeness (QED) is 0.812. The molecule has 2 saturated carbocycles. The summed E-state index contributed by atoms with van der Waals surface area (Å²) in [6.45, 7) is 2.31. The Balaban J connectivity index is 1.94. The normalized spacial score (nSPS) is 34.2. The lowest BCUT2D eigenvalue weighted by Gasteiger charge is -2.40. The van der Waals surface area contributed by atoms with Gasteiger partial charge in [-0.3, -0.25) is 4.79 Å². The summed E-state index contributed by atoms with van der Waals surface area (Å²) >= 11 is 0. The lowest BCUT2D eigenvalue weighted by molar-refractivity contribution is -0.129. The van der Waals surface area contributed by atoms with Crippen molar-refractivity contribution in [3.63, 3.8) is 0 Å². The summed E-state index contributed by atoms with van der Waals surface area (Å²) in [5, 5.41) is 12.9. The van der Waals surface area contributed by atoms with E-state index < -0.39 is 0 Å². The Bertz CT molecular complexity index is 286. The van der Waals surface area contributed by atoms with Crippen molar-refractivity contribution in [3.05, 3.63) is 0 Å². The van der Waals surface area contributed by atoms with Gasteiger partial charge in [0.15, 0.2) is 0 Å². The first-order chi connectivity index (χ1) is 8.65. The fourth-order valence-electron chi connectivity index (χ4n) is 3.68. The van der Waals surface area contributed by atoms with E-state index in [0.29, 0.717) is 5.92 Å². The van der Waals surface area contributed by atoms with Crippen molar-refractivity contribution in [2.45, 2.75) is 70.3 Å². The number of aliphatic hydroxyl groups excluding tert-OH is 1. The minimum atomic E-state index is -0.327. The first-order valence-electron chi connectivity index (χ1n) is 7.58. The highest BCUT2D eigenvalue weighted by atomic mass is 16.3. The summed E-state index contributed by atoms with van der Waals surface area (Å²) in [5.41, 5.74) is -0.327. The van der Waals surface area contributed by atoms with Crippen LogP contribution >= 0.6 is 0 Å². The molecule has 0 aromatic rings. The van der Waals surface area contributed by atoms with E-state index >= 15 is 0 Å². The van der Waals surface area contributed by atoms with E-state index in [2.05, 4.69) is 12.2 Å². The van der Waals surface area contributed by atoms with Crippen LogP contribution in [0.25, 0.3) is 0 Å². The molecule has 2 fully saturated rings. The van der Waals surface area contributed by atoms with Gasteiger partial charge in [0, 0.05) is 5.92 Å². The van der Waals surface area contributed by atoms with Crippen LogP contribution in [0, 0.1) is 11.8 Å². The summed E-state index contributed by atoms with van der Waals surface area (Å²) in [5.74, 6) is 0.995. The van der Waals surface area contributed by atoms with Crippen LogP contribution in [0.5, 0.6) is 0 Å². The minimum absolute atomic E-state index is 0.0931. The maximum atomic E-state index is 12.3. The van der Waals surface area contributed by atoms with Crippen LogP contribution < -0.4 is 5.32 Å². The molecule has 18 heavy (non-hydrogen) atoms. The van der Waals surface area contributed by atoms with Gasteiger partial charge in [-0.1, -0.05) is 39.0 Å². The summed E-state index contributed by atoms with van der Waals surface area (Å²) in [6, 6.07) is 0. The smallest absolute Gasteiger partial charge is 0.223 e. The molecule has 0 spiro atoms. The lowest BCUT2D eigenvalue weighted by atomic mass is 9.76. The zero-order valence-corrected chi connectivity index (χ0v) is 11.6. The van der Waals surface area contributed by atoms with Gasteiger partial charge < -0.3 is 10.4 Å². The summed E-state index contributed by atoms with van der Waals surface area (Å²) in [6.07, 6.45) is 9.90. The van der Waals surface area contributed by atoms with Crippen LogP contribution in [-0.2, 0) is 4.79 Å². The van der Waals surface area contributed by atoms with E-state index in [-0.39, 0.29) is 24.0 Å². The largest absolute Gasteiger partial charge is 0.394 e. The fourth-order valence-corrected chi connectivity index (χ4v) is 3.68. The van der Waals surface area contributed by atoms with E-state index in [1.165, 1.54) is 25.7 Å². The molecule has 2 aliphatic carbocycles. The molecule has 0 radical (unpaired) electrons. The van der Waals surface area contributed by atoms with Crippen molar-refractivity contribution in [1.82, 2.24) is 5.32 Å². The monoisotopic (exact) mass is 253 g/mol. The lowest BCUT2D eigenvalue weighted by Crippen LogP contribution is -2.55. The van der Waals surface area contributed by atoms with Gasteiger partial charge in [0.2, 0.25) is 5.91 Å². The molecule has 0 bridgehead atoms. The van der Waals surface area contributed by atoms with Crippen molar-refractivity contribution in [3.8, 4) is 0 Å². The average Bonchev–Trinajstić information content (AvgIpc) is 2.39. The van der Waals surface area contributed by atoms with Crippen LogP contribution in [0.1, 0.15) is 64.7 Å². The molecule has 2 aliphatic rings. The Labute approximate surface area is 110 Å². The SMILES string of the molecule is CC1CCCC(CO)(NC(=O)C2CCCCC2)C1. The zero-order valence-electron chi connectivity index (χ0n) is 11.6. The van der Waals surface area contributed by atoms with Crippen LogP contribution in [0.3, 0.4) is 0 Å². The van der Waals surface area contributed by atoms with Crippen LogP contribution in [0.15, 0.2) is 0 Å². The third-order valence-corrected chi connectivity index (χ3v) is 4.76. The van der Waals surface area contributed by atoms with E-state index in [0.717, 1.165) is 32.1 Å². The van der Waals surface area contributed by atoms with Crippen molar-refractivity contribution >= 4 is 5.91 Å². The topological polar surface area (TPSA) is 49.3 Å². The molecule has 2 N–H and O–H groups in total. The number of carbonyl (C=O) groups excluding carboxylic acids is 1. The molecule has 3 heteroatoms. The Morgan fingerprint density at radius 2 is 1.94 bits per heavy atom. The van der Waals surface area contributed by atoms with E-state index in [1.807, 2.05) is 0 Å². The van der Waals surface area contributed by atoms with Gasteiger partial charge in [-0.2, -0.15) is 0 Å². The van der Waals surface area contributed by atoms with Gasteiger partial charge >= 0.3 is 0 Å². The molecular weight excluding hydrogens is 226 g/mol. The van der Waals surface area contributed by atoms with Gasteiger partial charge in [0.05, 0.1) is 12.1 Å². The Hall–Kier alpha value is -0.570. The van der Waals surface area contributed by atoms with Crippen molar-refractivity contribution in [1.29, 1.82) is 0 Å². The van der Waals surface area contributed by atoms with E-state index in [1.54, 1.807) is 0 Å². The second kappa shape index (κ2) is 6.05. The standard InChI is InChI=1S/C15H27NO2/c1-12-6-5-9-15(10-12,11-17)16-14(18)13-7-3-2-4-8-13/h12-13,17H,2-11H2,1H3,(H,16,18). The molecule has 2 rings (SSSR count). The number of amides is 1. The van der Waals surface area contributed by atoms with Crippen LogP contribution in [-0.4, -0.2) is 23.2 Å². The second-order valence-corrected chi connectivity index (χ2v) is 6.46. The van der Waals surface area contributed by atoms with Crippen molar-refractivity contribution < 1.29 is 9.90 Å². The highest BCUT2D eigenvalue weighted by Crippen LogP contribution is 2.33. The maximum Gasteiger partial charge on any atom is 0.223 e. The number of nitrogens with one attached hydrogen (secondary N) is 1. The minimum Gasteiger partial charge on any atom is -0.394 e. The molecule has 104 valence electrons. The summed E-state index contributed by atoms with van der Waals surface area (Å²) in [4.78, 5) is 12.3. The molecule has 2 unspecified atom stereocenters. The molecule has 0 saturated heterocycles. The summed E-state index contributed by atoms with van der Waals surface area (Å²) in [7, 11) is 0. The first kappa shape index (κ1) is 13.9. The van der Waals surface area contributed by atoms with E-state index in [9.17, 15) is 9.90 Å². The first-order valence-corrected chi connectivity index (χ1v) is 7.58. The van der Waals surface area contributed by atoms with Gasteiger partial charge in [0.25, 0.3) is 0 Å². The number of rotatable bonds is 3. The molecule has 0 heterocycles. The Kier molecular flexibility index (Phi) is 4.66. The van der Waals surface area contributed by atoms with Crippen molar-refractivity contribution in [2.75, 3.05) is 6.61 Å². The van der Waals surface area contributed by atoms with Crippen LogP contribution in [0.4, 0.5) is 0 Å². The zero-order chi connectivity index (χ0) is 13.0. The summed E-state index contributed by atoms with van der Waals surface area (Å²) < 4.78 is 0. The number of carbonyl (C=O) groups is 1. The molecule has 3 nitrogen and oxygen atoms in total. The highest BCUT2D eigenvalue weighted by molar-refractivity contribution is 5.79. The molecule has 1 amide bonds. The highest BCUT2D eigenvalue weighted by Gasteiger charge is 2.37. The number of hydrogen-bond donors (Lipinski definition) is 2. The molecular formula is C15H27NO2. The third kappa shape index (κ3) is 3.25. The van der Waals surface area contributed by atoms with Crippen molar-refractivity contribution in [2.24, 2.45) is 11.8 Å². The second-order valence-electron chi connectivity index (χ2n) is 6.46. The van der Waals surface area contributed by atoms with Gasteiger partial charge in [0.1, 0.15) is 0 Å². The maximum absolute atomic E-state index is 12.3. The molecule has 0 aromatic heterocycles. The Morgan fingerprint density at radius 3 is 2.56 bits per heavy atom. The third-order valence-electron chi connectivity index (χ3n) is 4.76. The Morgan fingerprint density at radius 1 is 1.22 bits per heavy atom. The van der Waals surface area contributed by atoms with E-state index in [4.69, 9.17) is 0 Å². The predicted molar refractivity (Wildman–Crippen MR) is 72.2 cm³/mol. The average molecular weight is 253 g/mol. The van der Waals surface area contributed by atoms with Gasteiger partial charge in [-0.05, 0) is 31.6 Å². The molecule has 2 atom stereocenters. The number of aliphatic hydroxyl groups is 1. The van der Waals surface area contributed by atoms with Gasteiger partial charge in [-0.25, -0.2) is 0 Å². The molecule has 0 aromatic carbocycles. The van der Waals surface area contributed by atoms with Gasteiger partial charge in [-0.15, -0.1) is 0 Å². The molecule has 0 aliphatic heterocycles.